The van der Waals surface area contributed by atoms with Crippen molar-refractivity contribution in [2.24, 2.45) is 0 Å². The van der Waals surface area contributed by atoms with Gasteiger partial charge in [-0.05, 0) is 42.5 Å². The van der Waals surface area contributed by atoms with Gasteiger partial charge >= 0.3 is 0 Å². The van der Waals surface area contributed by atoms with Gasteiger partial charge in [0.25, 0.3) is 0 Å². The van der Waals surface area contributed by atoms with Gasteiger partial charge in [-0.25, -0.2) is 0 Å². The second-order valence-electron chi connectivity index (χ2n) is 5.78. The van der Waals surface area contributed by atoms with E-state index in [1.54, 1.807) is 0 Å². The van der Waals surface area contributed by atoms with Gasteiger partial charge in [0, 0.05) is 6.61 Å². The second kappa shape index (κ2) is 12.9. The molecule has 0 radical (unpaired) electrons. The van der Waals surface area contributed by atoms with Crippen LogP contribution < -0.4 is 0 Å². The maximum atomic E-state index is 5.62. The highest BCUT2D eigenvalue weighted by molar-refractivity contribution is 5.69. The number of benzene rings is 1. The summed E-state index contributed by atoms with van der Waals surface area (Å²) in [5, 5.41) is 0. The molecule has 0 heterocycles. The molecule has 0 spiro atoms. The average Bonchev–Trinajstić information content (AvgIpc) is 2.62. The molecule has 0 aliphatic rings. The van der Waals surface area contributed by atoms with Crippen LogP contribution in [0.15, 0.2) is 36.9 Å². The van der Waals surface area contributed by atoms with Gasteiger partial charge in [0.1, 0.15) is 0 Å². The Labute approximate surface area is 147 Å². The Bertz CT molecular complexity index is 488. The first-order valence-corrected chi connectivity index (χ1v) is 8.83. The zero-order chi connectivity index (χ0) is 17.6. The molecule has 0 unspecified atom stereocenters. The van der Waals surface area contributed by atoms with E-state index >= 15 is 0 Å². The lowest BCUT2D eigenvalue weighted by Gasteiger charge is -2.09. The van der Waals surface area contributed by atoms with Crippen molar-refractivity contribution < 1.29 is 14.2 Å². The highest BCUT2D eigenvalue weighted by Crippen LogP contribution is 2.18. The molecule has 1 rings (SSSR count). The van der Waals surface area contributed by atoms with Gasteiger partial charge in [0.2, 0.25) is 0 Å². The van der Waals surface area contributed by atoms with Crippen molar-refractivity contribution in [3.8, 4) is 0 Å². The Morgan fingerprint density at radius 3 is 2.04 bits per heavy atom. The van der Waals surface area contributed by atoms with Crippen LogP contribution in [0.4, 0.5) is 0 Å². The van der Waals surface area contributed by atoms with E-state index in [-0.39, 0.29) is 0 Å². The number of hydrogen-bond acceptors (Lipinski definition) is 3. The first kappa shape index (κ1) is 20.6. The third kappa shape index (κ3) is 8.44. The molecule has 0 bridgehead atoms. The second-order valence-corrected chi connectivity index (χ2v) is 5.78. The fourth-order valence-electron chi connectivity index (χ4n) is 2.10. The van der Waals surface area contributed by atoms with Crippen molar-refractivity contribution >= 4 is 11.1 Å². The standard InChI is InChI=1S/C21H32O3/c1-5-7-12-22-13-14-23-15-16-24-17-19(4)21-10-8-20(9-11-21)18(3)6-2/h6,8-11H,4-5,7,12-17H2,1-3H3/b18-6+. The molecule has 134 valence electrons. The maximum Gasteiger partial charge on any atom is 0.0718 e. The summed E-state index contributed by atoms with van der Waals surface area (Å²) in [6.45, 7) is 14.2. The topological polar surface area (TPSA) is 27.7 Å². The monoisotopic (exact) mass is 332 g/mol. The van der Waals surface area contributed by atoms with Crippen molar-refractivity contribution in [2.75, 3.05) is 39.6 Å². The lowest BCUT2D eigenvalue weighted by molar-refractivity contribution is 0.0198. The molecule has 0 atom stereocenters. The van der Waals surface area contributed by atoms with Gasteiger partial charge in [-0.2, -0.15) is 0 Å². The molecule has 0 fully saturated rings. The largest absolute Gasteiger partial charge is 0.379 e. The normalized spacial score (nSPS) is 11.7. The van der Waals surface area contributed by atoms with Crippen LogP contribution in [0.1, 0.15) is 44.7 Å². The van der Waals surface area contributed by atoms with Crippen molar-refractivity contribution in [3.63, 3.8) is 0 Å². The summed E-state index contributed by atoms with van der Waals surface area (Å²) in [6, 6.07) is 8.44. The number of rotatable bonds is 13. The molecule has 0 saturated carbocycles. The summed E-state index contributed by atoms with van der Waals surface area (Å²) in [5.74, 6) is 0. The fraction of sp³-hybridized carbons (Fsp3) is 0.524. The zero-order valence-electron chi connectivity index (χ0n) is 15.5. The van der Waals surface area contributed by atoms with Crippen LogP contribution in [0.25, 0.3) is 11.1 Å². The van der Waals surface area contributed by atoms with Gasteiger partial charge in [-0.1, -0.05) is 50.3 Å². The molecule has 0 aliphatic heterocycles. The SMILES string of the molecule is C=C(COCCOCCOCCCC)c1ccc(/C(C)=C/C)cc1. The van der Waals surface area contributed by atoms with Crippen molar-refractivity contribution in [1.82, 2.24) is 0 Å². The van der Waals surface area contributed by atoms with E-state index in [1.807, 2.05) is 0 Å². The molecule has 24 heavy (non-hydrogen) atoms. The summed E-state index contributed by atoms with van der Waals surface area (Å²) in [6.07, 6.45) is 4.39. The van der Waals surface area contributed by atoms with E-state index in [1.165, 1.54) is 11.1 Å². The van der Waals surface area contributed by atoms with Crippen LogP contribution in [-0.4, -0.2) is 39.6 Å². The highest BCUT2D eigenvalue weighted by atomic mass is 16.5. The van der Waals surface area contributed by atoms with E-state index in [2.05, 4.69) is 57.7 Å². The minimum absolute atomic E-state index is 0.526. The van der Waals surface area contributed by atoms with E-state index in [0.29, 0.717) is 33.0 Å². The Hall–Kier alpha value is -1.42. The van der Waals surface area contributed by atoms with Crippen LogP contribution in [-0.2, 0) is 14.2 Å². The number of ether oxygens (including phenoxy) is 3. The molecular weight excluding hydrogens is 300 g/mol. The molecule has 0 saturated heterocycles. The van der Waals surface area contributed by atoms with E-state index in [4.69, 9.17) is 14.2 Å². The minimum Gasteiger partial charge on any atom is -0.379 e. The summed E-state index contributed by atoms with van der Waals surface area (Å²) in [7, 11) is 0. The fourth-order valence-corrected chi connectivity index (χ4v) is 2.10. The summed E-state index contributed by atoms with van der Waals surface area (Å²) in [4.78, 5) is 0. The van der Waals surface area contributed by atoms with Crippen molar-refractivity contribution in [1.29, 1.82) is 0 Å². The van der Waals surface area contributed by atoms with Crippen LogP contribution in [0.3, 0.4) is 0 Å². The van der Waals surface area contributed by atoms with Crippen LogP contribution in [0.2, 0.25) is 0 Å². The van der Waals surface area contributed by atoms with E-state index in [0.717, 1.165) is 30.6 Å². The molecule has 0 N–H and O–H groups in total. The van der Waals surface area contributed by atoms with Gasteiger partial charge < -0.3 is 14.2 Å². The summed E-state index contributed by atoms with van der Waals surface area (Å²) in [5.41, 5.74) is 4.62. The Morgan fingerprint density at radius 2 is 1.46 bits per heavy atom. The number of unbranched alkanes of at least 4 members (excludes halogenated alkanes) is 1. The smallest absolute Gasteiger partial charge is 0.0718 e. The van der Waals surface area contributed by atoms with Crippen LogP contribution in [0, 0.1) is 0 Å². The molecule has 3 nitrogen and oxygen atoms in total. The minimum atomic E-state index is 0.526. The summed E-state index contributed by atoms with van der Waals surface area (Å²) < 4.78 is 16.5. The van der Waals surface area contributed by atoms with Crippen LogP contribution >= 0.6 is 0 Å². The lowest BCUT2D eigenvalue weighted by atomic mass is 10.0. The van der Waals surface area contributed by atoms with Gasteiger partial charge in [0.05, 0.1) is 33.0 Å². The third-order valence-corrected chi connectivity index (χ3v) is 3.84. The Balaban J connectivity index is 2.11. The predicted octanol–water partition coefficient (Wildman–Crippen LogP) is 4.97. The summed E-state index contributed by atoms with van der Waals surface area (Å²) >= 11 is 0. The molecule has 0 aliphatic carbocycles. The number of hydrogen-bond donors (Lipinski definition) is 0. The van der Waals surface area contributed by atoms with Gasteiger partial charge in [0.15, 0.2) is 0 Å². The average molecular weight is 332 g/mol. The first-order valence-electron chi connectivity index (χ1n) is 8.83. The molecule has 1 aromatic rings. The molecule has 0 aromatic heterocycles. The predicted molar refractivity (Wildman–Crippen MR) is 102 cm³/mol. The zero-order valence-corrected chi connectivity index (χ0v) is 15.5. The first-order chi connectivity index (χ1) is 11.7. The van der Waals surface area contributed by atoms with Gasteiger partial charge in [-0.3, -0.25) is 0 Å². The third-order valence-electron chi connectivity index (χ3n) is 3.84. The number of allylic oxidation sites excluding steroid dienone is 2. The highest BCUT2D eigenvalue weighted by Gasteiger charge is 2.01. The molecule has 1 aromatic carbocycles. The lowest BCUT2D eigenvalue weighted by Crippen LogP contribution is -2.10. The molecule has 3 heteroatoms. The van der Waals surface area contributed by atoms with Crippen molar-refractivity contribution in [3.05, 3.63) is 48.0 Å². The Kier molecular flexibility index (Phi) is 11.1. The quantitative estimate of drug-likeness (QED) is 0.477. The van der Waals surface area contributed by atoms with E-state index in [9.17, 15) is 0 Å². The van der Waals surface area contributed by atoms with Crippen molar-refractivity contribution in [2.45, 2.75) is 33.6 Å². The molecular formula is C21H32O3. The van der Waals surface area contributed by atoms with Gasteiger partial charge in [-0.15, -0.1) is 0 Å². The van der Waals surface area contributed by atoms with Crippen LogP contribution in [0.5, 0.6) is 0 Å². The Morgan fingerprint density at radius 1 is 0.917 bits per heavy atom. The molecule has 0 amide bonds. The van der Waals surface area contributed by atoms with E-state index < -0.39 is 0 Å². The maximum absolute atomic E-state index is 5.62.